The highest BCUT2D eigenvalue weighted by Crippen LogP contribution is 2.50. The molecule has 0 radical (unpaired) electrons. The van der Waals surface area contributed by atoms with E-state index in [9.17, 15) is 0 Å². The van der Waals surface area contributed by atoms with Gasteiger partial charge in [-0.05, 0) is 91.6 Å². The average molecular weight is 615 g/mol. The number of anilines is 4. The molecule has 2 aliphatic carbocycles. The molecule has 5 aromatic carbocycles. The standard InChI is InChI=1S/C45H46N2/c1-6-34-21-27-40-42(29-34)44(46(36-13-9-7-10-14-36)38-23-17-32(4)18-24-38)41-28-22-35(31(2)3)30-43(41)45(40)47(37-15-11-8-12-16-37)39-25-19-33(5)20-26-39/h7-15,17,19-32,37H,6,16,18H2,1-5H3. The Hall–Kier alpha value is -4.82. The quantitative estimate of drug-likeness (QED) is 0.127. The number of aryl methyl sites for hydroxylation is 2. The Morgan fingerprint density at radius 3 is 2.15 bits per heavy atom. The second-order valence-corrected chi connectivity index (χ2v) is 13.6. The monoisotopic (exact) mass is 614 g/mol. The van der Waals surface area contributed by atoms with E-state index in [0.29, 0.717) is 11.8 Å². The molecule has 2 nitrogen and oxygen atoms in total. The number of allylic oxidation sites excluding steroid dienone is 5. The Morgan fingerprint density at radius 1 is 0.723 bits per heavy atom. The Morgan fingerprint density at radius 2 is 1.47 bits per heavy atom. The van der Waals surface area contributed by atoms with Gasteiger partial charge < -0.3 is 9.80 Å². The maximum Gasteiger partial charge on any atom is 0.0619 e. The number of para-hydroxylation sites is 1. The number of hydrogen-bond donors (Lipinski definition) is 0. The summed E-state index contributed by atoms with van der Waals surface area (Å²) >= 11 is 0. The lowest BCUT2D eigenvalue weighted by Gasteiger charge is -2.37. The van der Waals surface area contributed by atoms with Crippen molar-refractivity contribution in [2.75, 3.05) is 9.80 Å². The van der Waals surface area contributed by atoms with Crippen LogP contribution in [0.5, 0.6) is 0 Å². The zero-order valence-corrected chi connectivity index (χ0v) is 28.4. The van der Waals surface area contributed by atoms with E-state index in [4.69, 9.17) is 0 Å². The third kappa shape index (κ3) is 5.94. The molecule has 7 rings (SSSR count). The lowest BCUT2D eigenvalue weighted by atomic mass is 9.90. The highest BCUT2D eigenvalue weighted by atomic mass is 15.2. The van der Waals surface area contributed by atoms with E-state index in [1.54, 1.807) is 0 Å². The molecule has 2 aliphatic rings. The Kier molecular flexibility index (Phi) is 8.60. The predicted molar refractivity (Wildman–Crippen MR) is 205 cm³/mol. The molecule has 0 spiro atoms. The van der Waals surface area contributed by atoms with Gasteiger partial charge in [0.15, 0.2) is 0 Å². The summed E-state index contributed by atoms with van der Waals surface area (Å²) in [5, 5.41) is 5.13. The third-order valence-corrected chi connectivity index (χ3v) is 9.86. The number of fused-ring (bicyclic) bond motifs is 2. The lowest BCUT2D eigenvalue weighted by molar-refractivity contribution is 0.728. The average Bonchev–Trinajstić information content (AvgIpc) is 3.11. The van der Waals surface area contributed by atoms with E-state index in [1.165, 1.54) is 66.7 Å². The van der Waals surface area contributed by atoms with E-state index in [-0.39, 0.29) is 6.04 Å². The van der Waals surface area contributed by atoms with Gasteiger partial charge in [-0.25, -0.2) is 0 Å². The van der Waals surface area contributed by atoms with Gasteiger partial charge in [-0.1, -0.05) is 124 Å². The van der Waals surface area contributed by atoms with Crippen LogP contribution < -0.4 is 9.80 Å². The SMILES string of the molecule is CCc1ccc2c(N(c3ccc(C)cc3)C3C=CC=CC3)c3cc(C(C)C)ccc3c(N(C3=CCC(C)C=C3)c3ccccc3)c2c1. The molecule has 0 aromatic heterocycles. The van der Waals surface area contributed by atoms with Crippen molar-refractivity contribution in [3.63, 3.8) is 0 Å². The summed E-state index contributed by atoms with van der Waals surface area (Å²) in [6.07, 6.45) is 19.1. The minimum absolute atomic E-state index is 0.198. The van der Waals surface area contributed by atoms with Crippen LogP contribution in [0.2, 0.25) is 0 Å². The second kappa shape index (κ2) is 13.1. The van der Waals surface area contributed by atoms with Crippen molar-refractivity contribution in [1.29, 1.82) is 0 Å². The summed E-state index contributed by atoms with van der Waals surface area (Å²) in [6, 6.07) is 34.7. The van der Waals surface area contributed by atoms with Crippen LogP contribution in [-0.4, -0.2) is 6.04 Å². The third-order valence-electron chi connectivity index (χ3n) is 9.86. The number of hydrogen-bond acceptors (Lipinski definition) is 2. The first-order valence-corrected chi connectivity index (χ1v) is 17.4. The van der Waals surface area contributed by atoms with Gasteiger partial charge in [0.2, 0.25) is 0 Å². The van der Waals surface area contributed by atoms with Crippen LogP contribution in [0.25, 0.3) is 21.5 Å². The van der Waals surface area contributed by atoms with E-state index < -0.39 is 0 Å². The van der Waals surface area contributed by atoms with Crippen LogP contribution in [0.1, 0.15) is 63.1 Å². The molecule has 2 atom stereocenters. The molecule has 236 valence electrons. The summed E-state index contributed by atoms with van der Waals surface area (Å²) < 4.78 is 0. The molecule has 0 aliphatic heterocycles. The molecule has 0 N–H and O–H groups in total. The molecule has 0 fully saturated rings. The van der Waals surface area contributed by atoms with Crippen molar-refractivity contribution in [2.45, 2.75) is 65.8 Å². The molecule has 47 heavy (non-hydrogen) atoms. The number of nitrogens with zero attached hydrogens (tertiary/aromatic N) is 2. The maximum absolute atomic E-state index is 2.61. The molecule has 2 unspecified atom stereocenters. The van der Waals surface area contributed by atoms with E-state index in [1.807, 2.05) is 0 Å². The van der Waals surface area contributed by atoms with Gasteiger partial charge in [0.25, 0.3) is 0 Å². The maximum atomic E-state index is 2.61. The van der Waals surface area contributed by atoms with Crippen LogP contribution in [0.4, 0.5) is 22.7 Å². The highest BCUT2D eigenvalue weighted by Gasteiger charge is 2.28. The van der Waals surface area contributed by atoms with E-state index in [2.05, 4.69) is 178 Å². The van der Waals surface area contributed by atoms with Gasteiger partial charge in [0.1, 0.15) is 0 Å². The molecule has 5 aromatic rings. The summed E-state index contributed by atoms with van der Waals surface area (Å²) in [5.74, 6) is 0.947. The first-order valence-electron chi connectivity index (χ1n) is 17.4. The summed E-state index contributed by atoms with van der Waals surface area (Å²) in [6.45, 7) is 11.3. The fraction of sp³-hybridized carbons (Fsp3) is 0.244. The van der Waals surface area contributed by atoms with Crippen LogP contribution in [0.3, 0.4) is 0 Å². The highest BCUT2D eigenvalue weighted by molar-refractivity contribution is 6.22. The molecule has 2 heteroatoms. The molecule has 0 heterocycles. The molecular formula is C45H46N2. The zero-order chi connectivity index (χ0) is 32.5. The fourth-order valence-corrected chi connectivity index (χ4v) is 7.14. The first-order chi connectivity index (χ1) is 22.9. The second-order valence-electron chi connectivity index (χ2n) is 13.6. The van der Waals surface area contributed by atoms with Crippen molar-refractivity contribution >= 4 is 44.3 Å². The van der Waals surface area contributed by atoms with E-state index >= 15 is 0 Å². The largest absolute Gasteiger partial charge is 0.333 e. The predicted octanol–water partition coefficient (Wildman–Crippen LogP) is 12.6. The van der Waals surface area contributed by atoms with Gasteiger partial charge in [-0.15, -0.1) is 0 Å². The summed E-state index contributed by atoms with van der Waals surface area (Å²) in [5.41, 5.74) is 10.1. The Bertz CT molecular complexity index is 2020. The Balaban J connectivity index is 1.63. The normalized spacial score (nSPS) is 17.4. The van der Waals surface area contributed by atoms with Crippen LogP contribution >= 0.6 is 0 Å². The topological polar surface area (TPSA) is 6.48 Å². The lowest BCUT2D eigenvalue weighted by Crippen LogP contribution is -2.30. The van der Waals surface area contributed by atoms with Crippen molar-refractivity contribution in [2.24, 2.45) is 5.92 Å². The summed E-state index contributed by atoms with van der Waals surface area (Å²) in [4.78, 5) is 5.13. The van der Waals surface area contributed by atoms with Gasteiger partial charge in [-0.3, -0.25) is 0 Å². The van der Waals surface area contributed by atoms with Gasteiger partial charge in [0, 0.05) is 38.6 Å². The van der Waals surface area contributed by atoms with Crippen LogP contribution in [-0.2, 0) is 6.42 Å². The minimum atomic E-state index is 0.198. The molecule has 0 amide bonds. The number of benzene rings is 5. The molecule has 0 bridgehead atoms. The van der Waals surface area contributed by atoms with Gasteiger partial charge >= 0.3 is 0 Å². The van der Waals surface area contributed by atoms with Crippen molar-refractivity contribution in [1.82, 2.24) is 0 Å². The van der Waals surface area contributed by atoms with Gasteiger partial charge in [0.05, 0.1) is 17.4 Å². The first kappa shape index (κ1) is 30.8. The summed E-state index contributed by atoms with van der Waals surface area (Å²) in [7, 11) is 0. The van der Waals surface area contributed by atoms with Gasteiger partial charge in [-0.2, -0.15) is 0 Å². The van der Waals surface area contributed by atoms with Crippen molar-refractivity contribution in [3.05, 3.63) is 156 Å². The number of rotatable bonds is 8. The Labute approximate surface area is 281 Å². The minimum Gasteiger partial charge on any atom is -0.333 e. The molecule has 0 saturated carbocycles. The smallest absolute Gasteiger partial charge is 0.0619 e. The molecular weight excluding hydrogens is 569 g/mol. The van der Waals surface area contributed by atoms with E-state index in [0.717, 1.165) is 19.3 Å². The fourth-order valence-electron chi connectivity index (χ4n) is 7.14. The van der Waals surface area contributed by atoms with Crippen molar-refractivity contribution in [3.8, 4) is 0 Å². The van der Waals surface area contributed by atoms with Crippen LogP contribution in [0, 0.1) is 12.8 Å². The van der Waals surface area contributed by atoms with Crippen LogP contribution in [0.15, 0.2) is 139 Å². The molecule has 0 saturated heterocycles. The van der Waals surface area contributed by atoms with Crippen molar-refractivity contribution < 1.29 is 0 Å². The zero-order valence-electron chi connectivity index (χ0n) is 28.4.